The molecular weight excluding hydrogens is 236 g/mol. The third kappa shape index (κ3) is 4.92. The number of piperidine rings is 1. The fourth-order valence-electron chi connectivity index (χ4n) is 2.17. The third-order valence-electron chi connectivity index (χ3n) is 3.02. The molecule has 1 rings (SSSR count). The summed E-state index contributed by atoms with van der Waals surface area (Å²) in [5.74, 6) is 0.204. The molecule has 1 atom stereocenters. The van der Waals surface area contributed by atoms with E-state index in [9.17, 15) is 4.79 Å². The van der Waals surface area contributed by atoms with Gasteiger partial charge in [-0.25, -0.2) is 0 Å². The summed E-state index contributed by atoms with van der Waals surface area (Å²) < 4.78 is 0. The minimum atomic E-state index is 0. The molecule has 1 fully saturated rings. The van der Waals surface area contributed by atoms with Crippen LogP contribution >= 0.6 is 12.4 Å². The zero-order valence-electron chi connectivity index (χ0n) is 10.3. The molecule has 0 bridgehead atoms. The van der Waals surface area contributed by atoms with Crippen LogP contribution in [-0.4, -0.2) is 29.9 Å². The topological polar surface area (TPSA) is 46.3 Å². The van der Waals surface area contributed by atoms with Crippen LogP contribution in [0.25, 0.3) is 0 Å². The Hall–Kier alpha value is -0.800. The monoisotopic (exact) mass is 258 g/mol. The van der Waals surface area contributed by atoms with E-state index in [1.165, 1.54) is 0 Å². The molecule has 0 spiro atoms. The van der Waals surface area contributed by atoms with Gasteiger partial charge in [0.1, 0.15) is 0 Å². The van der Waals surface area contributed by atoms with Crippen LogP contribution in [0.5, 0.6) is 0 Å². The number of allylic oxidation sites excluding steroid dienone is 2. The molecule has 0 radical (unpaired) electrons. The number of nitrogens with zero attached hydrogens (tertiary/aromatic N) is 1. The highest BCUT2D eigenvalue weighted by atomic mass is 35.5. The van der Waals surface area contributed by atoms with Gasteiger partial charge in [-0.1, -0.05) is 12.2 Å². The van der Waals surface area contributed by atoms with E-state index in [0.29, 0.717) is 6.54 Å². The maximum Gasteiger partial charge on any atom is 0.226 e. The van der Waals surface area contributed by atoms with E-state index in [1.807, 2.05) is 4.90 Å². The Kier molecular flexibility index (Phi) is 7.92. The largest absolute Gasteiger partial charge is 0.341 e. The van der Waals surface area contributed by atoms with E-state index in [-0.39, 0.29) is 30.3 Å². The second-order valence-electron chi connectivity index (χ2n) is 4.43. The van der Waals surface area contributed by atoms with Gasteiger partial charge in [-0.05, 0) is 25.7 Å². The Morgan fingerprint density at radius 2 is 2.00 bits per heavy atom. The number of nitrogens with two attached hydrogens (primary N) is 1. The van der Waals surface area contributed by atoms with Crippen molar-refractivity contribution >= 4 is 18.3 Å². The van der Waals surface area contributed by atoms with Gasteiger partial charge in [0.15, 0.2) is 0 Å². The lowest BCUT2D eigenvalue weighted by Gasteiger charge is -2.33. The van der Waals surface area contributed by atoms with Crippen molar-refractivity contribution in [3.8, 4) is 0 Å². The molecule has 17 heavy (non-hydrogen) atoms. The molecule has 0 aliphatic carbocycles. The lowest BCUT2D eigenvalue weighted by molar-refractivity contribution is -0.136. The van der Waals surface area contributed by atoms with Crippen molar-refractivity contribution in [2.45, 2.75) is 31.7 Å². The Morgan fingerprint density at radius 1 is 1.41 bits per heavy atom. The van der Waals surface area contributed by atoms with Gasteiger partial charge in [-0.3, -0.25) is 4.79 Å². The van der Waals surface area contributed by atoms with Crippen molar-refractivity contribution in [1.29, 1.82) is 0 Å². The van der Waals surface area contributed by atoms with Crippen molar-refractivity contribution in [1.82, 2.24) is 4.90 Å². The van der Waals surface area contributed by atoms with Crippen LogP contribution in [0.3, 0.4) is 0 Å². The number of likely N-dealkylation sites (tertiary alicyclic amines) is 1. The molecule has 1 aliphatic heterocycles. The van der Waals surface area contributed by atoms with E-state index < -0.39 is 0 Å². The molecule has 0 aromatic heterocycles. The summed E-state index contributed by atoms with van der Waals surface area (Å²) in [6.45, 7) is 8.93. The fourth-order valence-corrected chi connectivity index (χ4v) is 2.17. The zero-order chi connectivity index (χ0) is 12.0. The van der Waals surface area contributed by atoms with Crippen molar-refractivity contribution in [2.75, 3.05) is 13.1 Å². The zero-order valence-corrected chi connectivity index (χ0v) is 11.1. The number of rotatable bonds is 5. The van der Waals surface area contributed by atoms with Crippen LogP contribution in [0.1, 0.15) is 25.7 Å². The van der Waals surface area contributed by atoms with E-state index >= 15 is 0 Å². The van der Waals surface area contributed by atoms with Crippen LogP contribution in [-0.2, 0) is 4.79 Å². The molecule has 0 aromatic rings. The fraction of sp³-hybridized carbons (Fsp3) is 0.615. The molecule has 1 saturated heterocycles. The minimum Gasteiger partial charge on any atom is -0.341 e. The summed E-state index contributed by atoms with van der Waals surface area (Å²) in [7, 11) is 0. The van der Waals surface area contributed by atoms with Crippen LogP contribution in [0, 0.1) is 5.92 Å². The second-order valence-corrected chi connectivity index (χ2v) is 4.43. The number of halogens is 1. The van der Waals surface area contributed by atoms with E-state index in [2.05, 4.69) is 13.2 Å². The highest BCUT2D eigenvalue weighted by Crippen LogP contribution is 2.17. The summed E-state index contributed by atoms with van der Waals surface area (Å²) >= 11 is 0. The van der Waals surface area contributed by atoms with E-state index in [0.717, 1.165) is 32.2 Å². The lowest BCUT2D eigenvalue weighted by atomic mass is 9.97. The molecule has 4 heteroatoms. The standard InChI is InChI=1S/C13H22N2O.ClH/c1-3-6-11(7-4-2)13(16)15-9-5-8-12(14)10-15;/h3-4,11-12H,1-2,5-10,14H2;1H. The average Bonchev–Trinajstić information content (AvgIpc) is 2.28. The Balaban J connectivity index is 0.00000256. The number of hydrogen-bond donors (Lipinski definition) is 1. The van der Waals surface area contributed by atoms with Gasteiger partial charge in [0.25, 0.3) is 0 Å². The predicted octanol–water partition coefficient (Wildman–Crippen LogP) is 2.13. The highest BCUT2D eigenvalue weighted by Gasteiger charge is 2.26. The molecule has 1 aliphatic rings. The van der Waals surface area contributed by atoms with Gasteiger partial charge in [-0.2, -0.15) is 0 Å². The average molecular weight is 259 g/mol. The van der Waals surface area contributed by atoms with E-state index in [1.54, 1.807) is 12.2 Å². The van der Waals surface area contributed by atoms with Crippen LogP contribution in [0.2, 0.25) is 0 Å². The molecule has 0 aromatic carbocycles. The van der Waals surface area contributed by atoms with Gasteiger partial charge in [0.2, 0.25) is 5.91 Å². The van der Waals surface area contributed by atoms with Gasteiger partial charge in [0, 0.05) is 25.0 Å². The van der Waals surface area contributed by atoms with Crippen molar-refractivity contribution in [3.63, 3.8) is 0 Å². The Morgan fingerprint density at radius 3 is 2.47 bits per heavy atom. The van der Waals surface area contributed by atoms with E-state index in [4.69, 9.17) is 5.73 Å². The minimum absolute atomic E-state index is 0. The van der Waals surface area contributed by atoms with Crippen LogP contribution < -0.4 is 5.73 Å². The summed E-state index contributed by atoms with van der Waals surface area (Å²) in [4.78, 5) is 14.1. The SMILES string of the molecule is C=CCC(CC=C)C(=O)N1CCCC(N)C1.Cl. The molecular formula is C13H23ClN2O. The molecule has 1 heterocycles. The smallest absolute Gasteiger partial charge is 0.226 e. The van der Waals surface area contributed by atoms with Crippen molar-refractivity contribution < 1.29 is 4.79 Å². The second kappa shape index (κ2) is 8.31. The maximum atomic E-state index is 12.2. The molecule has 2 N–H and O–H groups in total. The van der Waals surface area contributed by atoms with Gasteiger partial charge >= 0.3 is 0 Å². The number of amides is 1. The summed E-state index contributed by atoms with van der Waals surface area (Å²) in [5.41, 5.74) is 5.88. The molecule has 3 nitrogen and oxygen atoms in total. The first-order valence-corrected chi connectivity index (χ1v) is 5.95. The molecule has 1 amide bonds. The number of carbonyl (C=O) groups excluding carboxylic acids is 1. The molecule has 0 saturated carbocycles. The number of carbonyl (C=O) groups is 1. The third-order valence-corrected chi connectivity index (χ3v) is 3.02. The Labute approximate surface area is 110 Å². The van der Waals surface area contributed by atoms with Gasteiger partial charge in [-0.15, -0.1) is 25.6 Å². The van der Waals surface area contributed by atoms with Crippen LogP contribution in [0.4, 0.5) is 0 Å². The summed E-state index contributed by atoms with van der Waals surface area (Å²) in [6, 6.07) is 0.144. The normalized spacial score (nSPS) is 19.6. The van der Waals surface area contributed by atoms with Crippen molar-refractivity contribution in [2.24, 2.45) is 11.7 Å². The van der Waals surface area contributed by atoms with Gasteiger partial charge in [0.05, 0.1) is 0 Å². The first-order chi connectivity index (χ1) is 7.69. The first kappa shape index (κ1) is 16.2. The summed E-state index contributed by atoms with van der Waals surface area (Å²) in [5, 5.41) is 0. The van der Waals surface area contributed by atoms with Crippen LogP contribution in [0.15, 0.2) is 25.3 Å². The maximum absolute atomic E-state index is 12.2. The lowest BCUT2D eigenvalue weighted by Crippen LogP contribution is -2.47. The highest BCUT2D eigenvalue weighted by molar-refractivity contribution is 5.85. The molecule has 1 unspecified atom stereocenters. The Bertz CT molecular complexity index is 258. The first-order valence-electron chi connectivity index (χ1n) is 5.95. The summed E-state index contributed by atoms with van der Waals surface area (Å²) in [6.07, 6.45) is 7.08. The molecule has 98 valence electrons. The predicted molar refractivity (Wildman–Crippen MR) is 74.2 cm³/mol. The van der Waals surface area contributed by atoms with Gasteiger partial charge < -0.3 is 10.6 Å². The van der Waals surface area contributed by atoms with Crippen molar-refractivity contribution in [3.05, 3.63) is 25.3 Å². The quantitative estimate of drug-likeness (QED) is 0.768. The number of hydrogen-bond acceptors (Lipinski definition) is 2.